The molecule has 3 nitrogen and oxygen atoms in total. The molecule has 82 valence electrons. The first-order chi connectivity index (χ1) is 6.41. The van der Waals surface area contributed by atoms with Gasteiger partial charge in [-0.2, -0.15) is 0 Å². The average molecular weight is 276 g/mol. The van der Waals surface area contributed by atoms with Gasteiger partial charge >= 0.3 is 0 Å². The van der Waals surface area contributed by atoms with Crippen LogP contribution in [0.2, 0.25) is 0 Å². The Hall–Kier alpha value is 0.420. The minimum atomic E-state index is -1.03. The van der Waals surface area contributed by atoms with Crippen LogP contribution in [0.15, 0.2) is 0 Å². The van der Waals surface area contributed by atoms with Gasteiger partial charge in [0.2, 0.25) is 0 Å². The van der Waals surface area contributed by atoms with Gasteiger partial charge in [-0.1, -0.05) is 32.7 Å². The maximum Gasteiger partial charge on any atom is 0.257 e. The van der Waals surface area contributed by atoms with Gasteiger partial charge < -0.3 is 4.90 Å². The van der Waals surface area contributed by atoms with Crippen molar-refractivity contribution in [2.24, 2.45) is 0 Å². The summed E-state index contributed by atoms with van der Waals surface area (Å²) in [6.07, 6.45) is 0. The van der Waals surface area contributed by atoms with Crippen molar-refractivity contribution in [1.82, 2.24) is 4.90 Å². The van der Waals surface area contributed by atoms with E-state index in [4.69, 9.17) is 23.2 Å². The fourth-order valence-corrected chi connectivity index (χ4v) is 4.37. The molecule has 1 fully saturated rings. The van der Waals surface area contributed by atoms with E-state index in [1.807, 2.05) is 13.8 Å². The van der Waals surface area contributed by atoms with E-state index in [0.29, 0.717) is 16.8 Å². The smallest absolute Gasteiger partial charge is 0.257 e. The van der Waals surface area contributed by atoms with Crippen molar-refractivity contribution in [1.29, 1.82) is 0 Å². The van der Waals surface area contributed by atoms with Gasteiger partial charge in [-0.15, -0.1) is 0 Å². The Labute approximate surface area is 98.4 Å². The summed E-state index contributed by atoms with van der Waals surface area (Å²) in [5.74, 6) is 0.426. The van der Waals surface area contributed by atoms with Crippen molar-refractivity contribution in [3.8, 4) is 0 Å². The zero-order chi connectivity index (χ0) is 10.9. The van der Waals surface area contributed by atoms with Crippen molar-refractivity contribution in [3.63, 3.8) is 0 Å². The molecule has 0 aromatic carbocycles. The van der Waals surface area contributed by atoms with Gasteiger partial charge in [0.25, 0.3) is 5.91 Å². The summed E-state index contributed by atoms with van der Waals surface area (Å²) >= 11 is 11.0. The van der Waals surface area contributed by atoms with Crippen LogP contribution in [0.5, 0.6) is 0 Å². The highest BCUT2D eigenvalue weighted by molar-refractivity contribution is 8.32. The maximum atomic E-state index is 11.6. The van der Waals surface area contributed by atoms with Crippen LogP contribution >= 0.6 is 23.2 Å². The van der Waals surface area contributed by atoms with E-state index in [9.17, 15) is 9.00 Å². The zero-order valence-electron chi connectivity index (χ0n) is 7.83. The predicted molar refractivity (Wildman–Crippen MR) is 61.7 cm³/mol. The molecule has 0 spiro atoms. The molecule has 0 radical (unpaired) electrons. The van der Waals surface area contributed by atoms with Crippen molar-refractivity contribution in [3.05, 3.63) is 0 Å². The van der Waals surface area contributed by atoms with E-state index in [1.165, 1.54) is 0 Å². The summed E-state index contributed by atoms with van der Waals surface area (Å²) in [6.45, 7) is 4.32. The minimum Gasteiger partial charge on any atom is -0.325 e. The third-order valence-corrected chi connectivity index (χ3v) is 6.88. The summed E-state index contributed by atoms with van der Waals surface area (Å²) in [5, 5.41) is 0. The average Bonchev–Trinajstić information content (AvgIpc) is 2.38. The summed E-state index contributed by atoms with van der Waals surface area (Å²) in [6, 6.07) is 0. The number of rotatable bonds is 1. The number of hydrogen-bond donors (Lipinski definition) is 0. The van der Waals surface area contributed by atoms with Gasteiger partial charge in [0, 0.05) is 12.3 Å². The van der Waals surface area contributed by atoms with Gasteiger partial charge in [0.1, 0.15) is 10.2 Å². The molecule has 1 unspecified atom stereocenters. The highest BCUT2D eigenvalue weighted by Gasteiger charge is 2.41. The first-order valence-electron chi connectivity index (χ1n) is 4.02. The second-order valence-electron chi connectivity index (χ2n) is 3.36. The highest BCUT2D eigenvalue weighted by atomic mass is 35.5. The normalized spacial score (nSPS) is 25.5. The third-order valence-electron chi connectivity index (χ3n) is 2.24. The number of hydrogen-bond acceptors (Lipinski definition) is 2. The number of halogens is 2. The van der Waals surface area contributed by atoms with E-state index in [2.05, 4.69) is 0 Å². The lowest BCUT2D eigenvalue weighted by Gasteiger charge is -2.31. The molecule has 0 N–H and O–H groups in total. The molecule has 1 aliphatic heterocycles. The number of amides is 1. The van der Waals surface area contributed by atoms with Gasteiger partial charge in [-0.25, -0.2) is 4.21 Å². The Morgan fingerprint density at radius 3 is 2.50 bits per heavy atom. The topological polar surface area (TPSA) is 37.4 Å². The van der Waals surface area contributed by atoms with E-state index in [-0.39, 0.29) is 15.4 Å². The van der Waals surface area contributed by atoms with E-state index in [0.717, 1.165) is 5.75 Å². The Kier molecular flexibility index (Phi) is 4.03. The Morgan fingerprint density at radius 2 is 2.14 bits per heavy atom. The lowest BCUT2D eigenvalue weighted by atomic mass is 10.3. The van der Waals surface area contributed by atoms with Crippen LogP contribution in [-0.2, 0) is 24.5 Å². The molecule has 0 aliphatic carbocycles. The molecule has 1 aliphatic rings. The molecule has 0 aromatic heterocycles. The largest absolute Gasteiger partial charge is 0.325 e. The fourth-order valence-electron chi connectivity index (χ4n) is 1.43. The second kappa shape index (κ2) is 4.51. The number of alkyl halides is 2. The van der Waals surface area contributed by atoms with Crippen LogP contribution in [0, 0.1) is 0 Å². The number of carbonyl (C=O) groups excluding carboxylic acids is 1. The van der Waals surface area contributed by atoms with E-state index in [1.54, 1.807) is 4.90 Å². The third kappa shape index (κ3) is 2.15. The van der Waals surface area contributed by atoms with Crippen molar-refractivity contribution in [2.75, 3.05) is 12.3 Å². The standard InChI is InChI=1S/C7H11Cl2NO2S2/c1-7(2)10(6(11)5(8)9)3-4-14(7)13-12/h5H,3-4H2,1-2H3. The Morgan fingerprint density at radius 1 is 1.57 bits per heavy atom. The molecule has 0 bridgehead atoms. The first-order valence-corrected chi connectivity index (χ1v) is 7.54. The summed E-state index contributed by atoms with van der Waals surface area (Å²) in [5.41, 5.74) is 0. The van der Waals surface area contributed by atoms with Crippen LogP contribution in [0.1, 0.15) is 13.8 Å². The second-order valence-corrected chi connectivity index (χ2v) is 8.30. The first kappa shape index (κ1) is 12.5. The van der Waals surface area contributed by atoms with Gasteiger partial charge in [0.05, 0.1) is 4.87 Å². The van der Waals surface area contributed by atoms with Gasteiger partial charge in [-0.3, -0.25) is 4.79 Å². The Balaban J connectivity index is 2.95. The lowest BCUT2D eigenvalue weighted by Crippen LogP contribution is -2.46. The monoisotopic (exact) mass is 275 g/mol. The molecule has 1 saturated heterocycles. The predicted octanol–water partition coefficient (Wildman–Crippen LogP) is 1.11. The molecule has 1 atom stereocenters. The van der Waals surface area contributed by atoms with Crippen LogP contribution in [0.25, 0.3) is 0 Å². The lowest BCUT2D eigenvalue weighted by molar-refractivity contribution is -0.131. The van der Waals surface area contributed by atoms with Crippen LogP contribution in [0.4, 0.5) is 0 Å². The molecule has 1 amide bonds. The molecular weight excluding hydrogens is 265 g/mol. The number of nitrogens with zero attached hydrogens (tertiary/aromatic N) is 1. The Bertz CT molecular complexity index is 313. The molecule has 14 heavy (non-hydrogen) atoms. The highest BCUT2D eigenvalue weighted by Crippen LogP contribution is 2.28. The molecule has 7 heteroatoms. The van der Waals surface area contributed by atoms with E-state index < -0.39 is 9.71 Å². The fraction of sp³-hybridized carbons (Fsp3) is 0.857. The molecule has 0 aromatic rings. The zero-order valence-corrected chi connectivity index (χ0v) is 11.0. The van der Waals surface area contributed by atoms with Crippen LogP contribution in [0.3, 0.4) is 0 Å². The summed E-state index contributed by atoms with van der Waals surface area (Å²) in [4.78, 5) is 11.7. The molecule has 0 saturated carbocycles. The van der Waals surface area contributed by atoms with Crippen molar-refractivity contribution >= 4 is 48.8 Å². The quantitative estimate of drug-likeness (QED) is 0.673. The van der Waals surface area contributed by atoms with Gasteiger partial charge in [0.15, 0.2) is 4.84 Å². The minimum absolute atomic E-state index is 0.303. The maximum absolute atomic E-state index is 11.6. The molecular formula is C7H11Cl2NO2S2. The molecule has 1 heterocycles. The van der Waals surface area contributed by atoms with Crippen LogP contribution < -0.4 is 0 Å². The van der Waals surface area contributed by atoms with Crippen LogP contribution in [-0.4, -0.2) is 37.0 Å². The van der Waals surface area contributed by atoms with Gasteiger partial charge in [-0.05, 0) is 13.8 Å². The summed E-state index contributed by atoms with van der Waals surface area (Å²) < 4.78 is 10.8. The van der Waals surface area contributed by atoms with Crippen molar-refractivity contribution < 1.29 is 9.00 Å². The number of carbonyl (C=O) groups is 1. The SMILES string of the molecule is CC1(C)N(C(=O)C(Cl)Cl)CCS1=S=O. The molecule has 1 rings (SSSR count). The van der Waals surface area contributed by atoms with E-state index >= 15 is 0 Å². The summed E-state index contributed by atoms with van der Waals surface area (Å²) in [7, 11) is 0.207. The van der Waals surface area contributed by atoms with Crippen molar-refractivity contribution in [2.45, 2.75) is 23.6 Å².